The zero-order valence-electron chi connectivity index (χ0n) is 9.41. The van der Waals surface area contributed by atoms with E-state index in [1.807, 2.05) is 14.1 Å². The molecule has 0 saturated heterocycles. The molecule has 0 atom stereocenters. The predicted octanol–water partition coefficient (Wildman–Crippen LogP) is 2.06. The van der Waals surface area contributed by atoms with E-state index in [0.717, 1.165) is 25.8 Å². The van der Waals surface area contributed by atoms with Crippen LogP contribution in [0.5, 0.6) is 0 Å². The molecule has 0 amide bonds. The number of unbranched alkanes of at least 4 members (excludes halogenated alkanes) is 1. The Morgan fingerprint density at radius 1 is 1.14 bits per heavy atom. The average molecular weight is 219 g/mol. The van der Waals surface area contributed by atoms with Crippen LogP contribution >= 0.6 is 12.2 Å². The molecule has 0 aromatic rings. The molecule has 0 unspecified atom stereocenters. The zero-order chi connectivity index (χ0) is 10.8. The van der Waals surface area contributed by atoms with Crippen LogP contribution in [-0.2, 0) is 9.47 Å². The Morgan fingerprint density at radius 3 is 2.21 bits per heavy atom. The smallest absolute Gasteiger partial charge is 0.352 e. The third-order valence-electron chi connectivity index (χ3n) is 1.69. The number of rotatable bonds is 7. The number of hydrogen-bond donors (Lipinski definition) is 0. The van der Waals surface area contributed by atoms with Crippen LogP contribution in [0.1, 0.15) is 26.2 Å². The van der Waals surface area contributed by atoms with Crippen molar-refractivity contribution < 1.29 is 9.47 Å². The SMILES string of the molecule is CCCCOC(=S)OCCCN(C)C. The van der Waals surface area contributed by atoms with Crippen molar-refractivity contribution in [3.05, 3.63) is 0 Å². The molecule has 0 saturated carbocycles. The molecule has 0 aliphatic heterocycles. The minimum atomic E-state index is 0.289. The van der Waals surface area contributed by atoms with E-state index in [2.05, 4.69) is 11.8 Å². The monoisotopic (exact) mass is 219 g/mol. The largest absolute Gasteiger partial charge is 0.457 e. The molecule has 0 fully saturated rings. The molecule has 0 rings (SSSR count). The molecule has 0 N–H and O–H groups in total. The Morgan fingerprint density at radius 2 is 1.71 bits per heavy atom. The summed E-state index contributed by atoms with van der Waals surface area (Å²) < 4.78 is 10.4. The highest BCUT2D eigenvalue weighted by molar-refractivity contribution is 7.79. The first-order valence-corrected chi connectivity index (χ1v) is 5.52. The van der Waals surface area contributed by atoms with Crippen molar-refractivity contribution in [2.24, 2.45) is 0 Å². The minimum Gasteiger partial charge on any atom is -0.457 e. The molecular weight excluding hydrogens is 198 g/mol. The molecule has 14 heavy (non-hydrogen) atoms. The van der Waals surface area contributed by atoms with Gasteiger partial charge in [0.05, 0.1) is 13.2 Å². The summed E-state index contributed by atoms with van der Waals surface area (Å²) in [6.07, 6.45) is 3.12. The van der Waals surface area contributed by atoms with Crippen LogP contribution in [-0.4, -0.2) is 44.0 Å². The number of ether oxygens (including phenoxy) is 2. The van der Waals surface area contributed by atoms with E-state index in [0.29, 0.717) is 13.2 Å². The Hall–Kier alpha value is -0.350. The van der Waals surface area contributed by atoms with Crippen molar-refractivity contribution in [2.75, 3.05) is 33.9 Å². The van der Waals surface area contributed by atoms with E-state index in [4.69, 9.17) is 21.7 Å². The molecule has 0 aliphatic rings. The van der Waals surface area contributed by atoms with Gasteiger partial charge in [-0.25, -0.2) is 0 Å². The second-order valence-corrected chi connectivity index (χ2v) is 3.79. The van der Waals surface area contributed by atoms with Gasteiger partial charge in [0.1, 0.15) is 0 Å². The first-order valence-electron chi connectivity index (χ1n) is 5.11. The molecule has 4 heteroatoms. The van der Waals surface area contributed by atoms with Crippen molar-refractivity contribution in [3.63, 3.8) is 0 Å². The van der Waals surface area contributed by atoms with Gasteiger partial charge in [-0.2, -0.15) is 0 Å². The number of nitrogens with zero attached hydrogens (tertiary/aromatic N) is 1. The normalized spacial score (nSPS) is 10.3. The summed E-state index contributed by atoms with van der Waals surface area (Å²) in [5.41, 5.74) is 0. The third-order valence-corrected chi connectivity index (χ3v) is 1.92. The lowest BCUT2D eigenvalue weighted by molar-refractivity contribution is 0.168. The van der Waals surface area contributed by atoms with E-state index in [-0.39, 0.29) is 5.24 Å². The van der Waals surface area contributed by atoms with Gasteiger partial charge in [0.15, 0.2) is 0 Å². The van der Waals surface area contributed by atoms with Gasteiger partial charge in [-0.05, 0) is 26.9 Å². The Labute approximate surface area is 92.4 Å². The Balaban J connectivity index is 3.18. The van der Waals surface area contributed by atoms with Gasteiger partial charge in [-0.1, -0.05) is 13.3 Å². The van der Waals surface area contributed by atoms with Crippen LogP contribution in [0.4, 0.5) is 0 Å². The van der Waals surface area contributed by atoms with Gasteiger partial charge in [-0.3, -0.25) is 0 Å². The quantitative estimate of drug-likeness (QED) is 0.482. The number of thiocarbonyl (C=S) groups is 1. The highest BCUT2D eigenvalue weighted by Gasteiger charge is 1.98. The lowest BCUT2D eigenvalue weighted by Crippen LogP contribution is -2.16. The van der Waals surface area contributed by atoms with E-state index in [1.165, 1.54) is 0 Å². The Kier molecular flexibility index (Phi) is 8.98. The molecule has 0 radical (unpaired) electrons. The maximum absolute atomic E-state index is 5.22. The van der Waals surface area contributed by atoms with Crippen molar-refractivity contribution in [1.29, 1.82) is 0 Å². The van der Waals surface area contributed by atoms with Crippen LogP contribution in [0.25, 0.3) is 0 Å². The third kappa shape index (κ3) is 9.74. The fourth-order valence-electron chi connectivity index (χ4n) is 0.878. The summed E-state index contributed by atoms with van der Waals surface area (Å²) >= 11 is 4.89. The van der Waals surface area contributed by atoms with Crippen LogP contribution in [0, 0.1) is 0 Å². The standard InChI is InChI=1S/C10H21NO2S/c1-4-5-8-12-10(14)13-9-6-7-11(2)3/h4-9H2,1-3H3. The topological polar surface area (TPSA) is 21.7 Å². The van der Waals surface area contributed by atoms with E-state index in [1.54, 1.807) is 0 Å². The maximum Gasteiger partial charge on any atom is 0.352 e. The lowest BCUT2D eigenvalue weighted by Gasteiger charge is -2.11. The van der Waals surface area contributed by atoms with E-state index < -0.39 is 0 Å². The van der Waals surface area contributed by atoms with E-state index >= 15 is 0 Å². The van der Waals surface area contributed by atoms with Gasteiger partial charge >= 0.3 is 5.24 Å². The lowest BCUT2D eigenvalue weighted by atomic mass is 10.4. The van der Waals surface area contributed by atoms with Crippen LogP contribution in [0.2, 0.25) is 0 Å². The summed E-state index contributed by atoms with van der Waals surface area (Å²) in [7, 11) is 4.08. The molecule has 84 valence electrons. The van der Waals surface area contributed by atoms with Crippen molar-refractivity contribution in [2.45, 2.75) is 26.2 Å². The predicted molar refractivity (Wildman–Crippen MR) is 62.6 cm³/mol. The van der Waals surface area contributed by atoms with E-state index in [9.17, 15) is 0 Å². The summed E-state index contributed by atoms with van der Waals surface area (Å²) in [6, 6.07) is 0. The fourth-order valence-corrected chi connectivity index (χ4v) is 1.04. The molecule has 0 bridgehead atoms. The second-order valence-electron chi connectivity index (χ2n) is 3.46. The molecule has 0 aromatic heterocycles. The highest BCUT2D eigenvalue weighted by atomic mass is 32.1. The molecular formula is C10H21NO2S. The maximum atomic E-state index is 5.22. The summed E-state index contributed by atoms with van der Waals surface area (Å²) in [5.74, 6) is 0. The van der Waals surface area contributed by atoms with Crippen molar-refractivity contribution in [3.8, 4) is 0 Å². The van der Waals surface area contributed by atoms with Gasteiger partial charge < -0.3 is 14.4 Å². The Bertz CT molecular complexity index is 151. The van der Waals surface area contributed by atoms with Crippen LogP contribution in [0.3, 0.4) is 0 Å². The van der Waals surface area contributed by atoms with Gasteiger partial charge in [0.25, 0.3) is 0 Å². The minimum absolute atomic E-state index is 0.289. The van der Waals surface area contributed by atoms with Crippen LogP contribution in [0.15, 0.2) is 0 Å². The second kappa shape index (κ2) is 9.21. The first kappa shape index (κ1) is 13.7. The van der Waals surface area contributed by atoms with Gasteiger partial charge in [-0.15, -0.1) is 0 Å². The number of hydrogen-bond acceptors (Lipinski definition) is 4. The summed E-state index contributed by atoms with van der Waals surface area (Å²) in [4.78, 5) is 2.12. The molecule has 0 aliphatic carbocycles. The summed E-state index contributed by atoms with van der Waals surface area (Å²) in [5, 5.41) is 0.289. The molecule has 0 spiro atoms. The first-order chi connectivity index (χ1) is 6.66. The van der Waals surface area contributed by atoms with Crippen LogP contribution < -0.4 is 0 Å². The van der Waals surface area contributed by atoms with Gasteiger partial charge in [0, 0.05) is 18.8 Å². The fraction of sp³-hybridized carbons (Fsp3) is 0.900. The van der Waals surface area contributed by atoms with Gasteiger partial charge in [0.2, 0.25) is 0 Å². The zero-order valence-corrected chi connectivity index (χ0v) is 10.2. The molecule has 0 aromatic carbocycles. The highest BCUT2D eigenvalue weighted by Crippen LogP contribution is 1.93. The molecule has 3 nitrogen and oxygen atoms in total. The van der Waals surface area contributed by atoms with Crippen molar-refractivity contribution in [1.82, 2.24) is 4.90 Å². The van der Waals surface area contributed by atoms with Crippen molar-refractivity contribution >= 4 is 17.5 Å². The average Bonchev–Trinajstić information content (AvgIpc) is 2.13. The molecule has 0 heterocycles. The summed E-state index contributed by atoms with van der Waals surface area (Å²) in [6.45, 7) is 4.44.